The Hall–Kier alpha value is -2.20. The summed E-state index contributed by atoms with van der Waals surface area (Å²) in [6.45, 7) is 0. The van der Waals surface area contributed by atoms with Gasteiger partial charge in [0.2, 0.25) is 0 Å². The number of para-hydroxylation sites is 1. The van der Waals surface area contributed by atoms with Crippen LogP contribution in [0.5, 0.6) is 0 Å². The van der Waals surface area contributed by atoms with E-state index < -0.39 is 6.10 Å². The monoisotopic (exact) mass is 226 g/mol. The standard InChI is InChI=1S/C13H10N2O2/c16-13(10-8-14-5-6-15-10)12-7-9-3-1-2-4-11(9)17-12/h1-8,13,16H. The molecular weight excluding hydrogens is 216 g/mol. The number of rotatable bonds is 2. The Morgan fingerprint density at radius 1 is 1.18 bits per heavy atom. The van der Waals surface area contributed by atoms with E-state index in [1.165, 1.54) is 6.20 Å². The fourth-order valence-electron chi connectivity index (χ4n) is 1.73. The van der Waals surface area contributed by atoms with Crippen molar-refractivity contribution in [3.8, 4) is 0 Å². The van der Waals surface area contributed by atoms with Crippen LogP contribution in [-0.4, -0.2) is 15.1 Å². The van der Waals surface area contributed by atoms with Crippen LogP contribution < -0.4 is 0 Å². The molecule has 0 aliphatic heterocycles. The van der Waals surface area contributed by atoms with Gasteiger partial charge in [-0.1, -0.05) is 18.2 Å². The predicted octanol–water partition coefficient (Wildman–Crippen LogP) is 2.30. The zero-order valence-electron chi connectivity index (χ0n) is 8.95. The van der Waals surface area contributed by atoms with E-state index in [0.717, 1.165) is 11.0 Å². The summed E-state index contributed by atoms with van der Waals surface area (Å²) >= 11 is 0. The van der Waals surface area contributed by atoms with E-state index in [1.54, 1.807) is 12.4 Å². The van der Waals surface area contributed by atoms with Gasteiger partial charge in [0.1, 0.15) is 11.3 Å². The molecule has 0 saturated heterocycles. The molecule has 0 aliphatic rings. The number of benzene rings is 1. The average molecular weight is 226 g/mol. The zero-order valence-corrected chi connectivity index (χ0v) is 8.95. The minimum absolute atomic E-state index is 0.478. The molecule has 4 nitrogen and oxygen atoms in total. The molecule has 1 unspecified atom stereocenters. The molecule has 0 bridgehead atoms. The van der Waals surface area contributed by atoms with Gasteiger partial charge in [-0.3, -0.25) is 9.97 Å². The van der Waals surface area contributed by atoms with Gasteiger partial charge >= 0.3 is 0 Å². The van der Waals surface area contributed by atoms with Gasteiger partial charge in [-0.05, 0) is 12.1 Å². The second-order valence-corrected chi connectivity index (χ2v) is 3.72. The molecule has 84 valence electrons. The van der Waals surface area contributed by atoms with Crippen LogP contribution in [0, 0.1) is 0 Å². The molecule has 2 heterocycles. The van der Waals surface area contributed by atoms with Crippen LogP contribution in [-0.2, 0) is 0 Å². The maximum Gasteiger partial charge on any atom is 0.155 e. The van der Waals surface area contributed by atoms with Gasteiger partial charge in [0.15, 0.2) is 6.10 Å². The predicted molar refractivity (Wildman–Crippen MR) is 62.3 cm³/mol. The van der Waals surface area contributed by atoms with Crippen molar-refractivity contribution in [2.45, 2.75) is 6.10 Å². The van der Waals surface area contributed by atoms with Crippen LogP contribution in [0.1, 0.15) is 17.6 Å². The lowest BCUT2D eigenvalue weighted by Gasteiger charge is -2.04. The molecule has 0 radical (unpaired) electrons. The van der Waals surface area contributed by atoms with Gasteiger partial charge in [0.25, 0.3) is 0 Å². The fraction of sp³-hybridized carbons (Fsp3) is 0.0769. The highest BCUT2D eigenvalue weighted by molar-refractivity contribution is 5.77. The molecular formula is C13H10N2O2. The first-order valence-corrected chi connectivity index (χ1v) is 5.27. The number of hydrogen-bond donors (Lipinski definition) is 1. The van der Waals surface area contributed by atoms with Gasteiger partial charge < -0.3 is 9.52 Å². The normalized spacial score (nSPS) is 12.8. The van der Waals surface area contributed by atoms with Crippen LogP contribution in [0.2, 0.25) is 0 Å². The first kappa shape index (κ1) is 9.99. The Kier molecular flexibility index (Phi) is 2.34. The number of aliphatic hydroxyl groups excluding tert-OH is 1. The van der Waals surface area contributed by atoms with Crippen LogP contribution >= 0.6 is 0 Å². The van der Waals surface area contributed by atoms with E-state index >= 15 is 0 Å². The number of furan rings is 1. The number of hydrogen-bond acceptors (Lipinski definition) is 4. The van der Waals surface area contributed by atoms with Crippen molar-refractivity contribution in [2.24, 2.45) is 0 Å². The van der Waals surface area contributed by atoms with Crippen molar-refractivity contribution in [3.05, 3.63) is 60.4 Å². The highest BCUT2D eigenvalue weighted by Crippen LogP contribution is 2.26. The lowest BCUT2D eigenvalue weighted by molar-refractivity contribution is 0.187. The number of fused-ring (bicyclic) bond motifs is 1. The van der Waals surface area contributed by atoms with E-state index in [1.807, 2.05) is 30.3 Å². The van der Waals surface area contributed by atoms with Gasteiger partial charge in [-0.2, -0.15) is 0 Å². The van der Waals surface area contributed by atoms with E-state index in [-0.39, 0.29) is 0 Å². The quantitative estimate of drug-likeness (QED) is 0.728. The number of aliphatic hydroxyl groups is 1. The molecule has 0 aliphatic carbocycles. The molecule has 1 N–H and O–H groups in total. The first-order valence-electron chi connectivity index (χ1n) is 5.27. The van der Waals surface area contributed by atoms with Crippen molar-refractivity contribution in [1.82, 2.24) is 9.97 Å². The minimum Gasteiger partial charge on any atom is -0.458 e. The topological polar surface area (TPSA) is 59.2 Å². The van der Waals surface area contributed by atoms with Crippen molar-refractivity contribution in [3.63, 3.8) is 0 Å². The SMILES string of the molecule is OC(c1cnccn1)c1cc2ccccc2o1. The molecule has 17 heavy (non-hydrogen) atoms. The molecule has 1 aromatic carbocycles. The summed E-state index contributed by atoms with van der Waals surface area (Å²) in [6, 6.07) is 9.43. The molecule has 0 fully saturated rings. The number of nitrogens with zero attached hydrogens (tertiary/aromatic N) is 2. The molecule has 1 atom stereocenters. The Morgan fingerprint density at radius 3 is 2.82 bits per heavy atom. The third-order valence-electron chi connectivity index (χ3n) is 2.58. The van der Waals surface area contributed by atoms with E-state index in [4.69, 9.17) is 4.42 Å². The maximum atomic E-state index is 10.1. The molecule has 0 amide bonds. The van der Waals surface area contributed by atoms with Gasteiger partial charge in [0.05, 0.1) is 11.9 Å². The van der Waals surface area contributed by atoms with Crippen LogP contribution in [0.15, 0.2) is 53.3 Å². The third-order valence-corrected chi connectivity index (χ3v) is 2.58. The fourth-order valence-corrected chi connectivity index (χ4v) is 1.73. The zero-order chi connectivity index (χ0) is 11.7. The van der Waals surface area contributed by atoms with Gasteiger partial charge in [0, 0.05) is 17.8 Å². The van der Waals surface area contributed by atoms with Crippen LogP contribution in [0.4, 0.5) is 0 Å². The summed E-state index contributed by atoms with van der Waals surface area (Å²) in [5, 5.41) is 11.1. The smallest absolute Gasteiger partial charge is 0.155 e. The summed E-state index contributed by atoms with van der Waals surface area (Å²) in [4.78, 5) is 7.97. The summed E-state index contributed by atoms with van der Waals surface area (Å²) < 4.78 is 5.57. The van der Waals surface area contributed by atoms with Crippen molar-refractivity contribution in [1.29, 1.82) is 0 Å². The Balaban J connectivity index is 2.04. The second kappa shape index (κ2) is 3.99. The Morgan fingerprint density at radius 2 is 2.06 bits per heavy atom. The largest absolute Gasteiger partial charge is 0.458 e. The second-order valence-electron chi connectivity index (χ2n) is 3.72. The molecule has 2 aromatic heterocycles. The minimum atomic E-state index is -0.879. The summed E-state index contributed by atoms with van der Waals surface area (Å²) in [7, 11) is 0. The summed E-state index contributed by atoms with van der Waals surface area (Å²) in [5.41, 5.74) is 1.23. The van der Waals surface area contributed by atoms with E-state index in [2.05, 4.69) is 9.97 Å². The Bertz CT molecular complexity index is 601. The maximum absolute atomic E-state index is 10.1. The average Bonchev–Trinajstić information content (AvgIpc) is 2.82. The van der Waals surface area contributed by atoms with Crippen molar-refractivity contribution in [2.75, 3.05) is 0 Å². The third kappa shape index (κ3) is 1.79. The highest BCUT2D eigenvalue weighted by atomic mass is 16.4. The van der Waals surface area contributed by atoms with Crippen molar-refractivity contribution >= 4 is 11.0 Å². The lowest BCUT2D eigenvalue weighted by atomic mass is 10.2. The van der Waals surface area contributed by atoms with Crippen molar-refractivity contribution < 1.29 is 9.52 Å². The van der Waals surface area contributed by atoms with Gasteiger partial charge in [-0.25, -0.2) is 0 Å². The Labute approximate surface area is 97.6 Å². The summed E-state index contributed by atoms with van der Waals surface area (Å²) in [5.74, 6) is 0.478. The molecule has 4 heteroatoms. The highest BCUT2D eigenvalue weighted by Gasteiger charge is 2.16. The molecule has 0 spiro atoms. The van der Waals surface area contributed by atoms with Crippen LogP contribution in [0.25, 0.3) is 11.0 Å². The molecule has 3 aromatic rings. The van der Waals surface area contributed by atoms with Crippen LogP contribution in [0.3, 0.4) is 0 Å². The molecule has 3 rings (SSSR count). The first-order chi connectivity index (χ1) is 8.34. The number of aromatic nitrogens is 2. The van der Waals surface area contributed by atoms with E-state index in [0.29, 0.717) is 11.5 Å². The molecule has 0 saturated carbocycles. The van der Waals surface area contributed by atoms with Gasteiger partial charge in [-0.15, -0.1) is 0 Å². The summed E-state index contributed by atoms with van der Waals surface area (Å²) in [6.07, 6.45) is 3.75. The van der Waals surface area contributed by atoms with E-state index in [9.17, 15) is 5.11 Å². The lowest BCUT2D eigenvalue weighted by Crippen LogP contribution is -2.00.